The molecule has 1 saturated heterocycles. The lowest BCUT2D eigenvalue weighted by Crippen LogP contribution is -2.45. The second-order valence-electron chi connectivity index (χ2n) is 6.38. The van der Waals surface area contributed by atoms with Crippen LogP contribution in [0.3, 0.4) is 0 Å². The molecular formula is C20H20FN3O3. The average molecular weight is 369 g/mol. The van der Waals surface area contributed by atoms with E-state index in [-0.39, 0.29) is 13.0 Å². The zero-order valence-electron chi connectivity index (χ0n) is 15.1. The highest BCUT2D eigenvalue weighted by molar-refractivity contribution is 6.10. The molecule has 1 N–H and O–H groups in total. The van der Waals surface area contributed by atoms with Gasteiger partial charge in [0.1, 0.15) is 17.9 Å². The third-order valence-corrected chi connectivity index (χ3v) is 4.85. The first-order valence-corrected chi connectivity index (χ1v) is 8.61. The van der Waals surface area contributed by atoms with Crippen LogP contribution in [0.4, 0.5) is 14.9 Å². The van der Waals surface area contributed by atoms with E-state index < -0.39 is 29.2 Å². The van der Waals surface area contributed by atoms with Crippen molar-refractivity contribution in [3.63, 3.8) is 0 Å². The Morgan fingerprint density at radius 3 is 2.33 bits per heavy atom. The summed E-state index contributed by atoms with van der Waals surface area (Å²) < 4.78 is 13.2. The van der Waals surface area contributed by atoms with Gasteiger partial charge in [0.15, 0.2) is 0 Å². The van der Waals surface area contributed by atoms with Crippen LogP contribution in [0.1, 0.15) is 18.9 Å². The van der Waals surface area contributed by atoms with E-state index in [4.69, 9.17) is 0 Å². The van der Waals surface area contributed by atoms with Gasteiger partial charge >= 0.3 is 6.03 Å². The summed E-state index contributed by atoms with van der Waals surface area (Å²) in [5.41, 5.74) is -0.151. The minimum atomic E-state index is -1.30. The second kappa shape index (κ2) is 7.19. The van der Waals surface area contributed by atoms with Gasteiger partial charge in [0.25, 0.3) is 5.91 Å². The number of anilines is 1. The third-order valence-electron chi connectivity index (χ3n) is 4.85. The van der Waals surface area contributed by atoms with Crippen molar-refractivity contribution in [2.75, 3.05) is 18.5 Å². The number of halogens is 1. The summed E-state index contributed by atoms with van der Waals surface area (Å²) in [6.07, 6.45) is 0.280. The van der Waals surface area contributed by atoms with Crippen molar-refractivity contribution in [1.82, 2.24) is 10.2 Å². The summed E-state index contributed by atoms with van der Waals surface area (Å²) in [5.74, 6) is -1.34. The highest BCUT2D eigenvalue weighted by Gasteiger charge is 2.51. The number of benzene rings is 2. The number of urea groups is 1. The third kappa shape index (κ3) is 3.28. The first kappa shape index (κ1) is 18.6. The highest BCUT2D eigenvalue weighted by atomic mass is 19.1. The van der Waals surface area contributed by atoms with E-state index >= 15 is 0 Å². The Morgan fingerprint density at radius 2 is 1.74 bits per heavy atom. The average Bonchev–Trinajstić information content (AvgIpc) is 2.93. The van der Waals surface area contributed by atoms with Crippen LogP contribution in [-0.4, -0.2) is 36.3 Å². The number of para-hydroxylation sites is 1. The summed E-state index contributed by atoms with van der Waals surface area (Å²) in [7, 11) is 1.59. The highest BCUT2D eigenvalue weighted by Crippen LogP contribution is 2.32. The fraction of sp³-hybridized carbons (Fsp3) is 0.250. The van der Waals surface area contributed by atoms with Gasteiger partial charge in [0, 0.05) is 12.7 Å². The summed E-state index contributed by atoms with van der Waals surface area (Å²) in [6.45, 7) is 1.38. The van der Waals surface area contributed by atoms with Crippen LogP contribution in [-0.2, 0) is 15.1 Å². The molecule has 3 rings (SSSR count). The molecule has 0 radical (unpaired) electrons. The fourth-order valence-electron chi connectivity index (χ4n) is 3.18. The van der Waals surface area contributed by atoms with Gasteiger partial charge < -0.3 is 10.2 Å². The lowest BCUT2D eigenvalue weighted by molar-refractivity contribution is -0.134. The first-order valence-electron chi connectivity index (χ1n) is 8.61. The van der Waals surface area contributed by atoms with E-state index in [2.05, 4.69) is 5.32 Å². The van der Waals surface area contributed by atoms with Crippen molar-refractivity contribution in [2.45, 2.75) is 18.9 Å². The molecule has 2 aromatic rings. The van der Waals surface area contributed by atoms with Crippen molar-refractivity contribution in [2.24, 2.45) is 0 Å². The SMILES string of the molecule is CC[C@]1(c2ccc(F)cc2)NC(=O)N(CC(=O)N(C)c2ccccc2)C1=O. The zero-order chi connectivity index (χ0) is 19.6. The van der Waals surface area contributed by atoms with E-state index in [0.717, 1.165) is 4.90 Å². The monoisotopic (exact) mass is 369 g/mol. The number of hydrogen-bond donors (Lipinski definition) is 1. The number of amides is 4. The molecular weight excluding hydrogens is 349 g/mol. The van der Waals surface area contributed by atoms with Gasteiger partial charge in [-0.05, 0) is 36.2 Å². The maximum atomic E-state index is 13.2. The largest absolute Gasteiger partial charge is 0.325 e. The lowest BCUT2D eigenvalue weighted by Gasteiger charge is -2.26. The minimum absolute atomic E-state index is 0.280. The molecule has 140 valence electrons. The molecule has 2 aromatic carbocycles. The Morgan fingerprint density at radius 1 is 1.11 bits per heavy atom. The molecule has 1 fully saturated rings. The quantitative estimate of drug-likeness (QED) is 0.824. The predicted molar refractivity (Wildman–Crippen MR) is 98.5 cm³/mol. The summed E-state index contributed by atoms with van der Waals surface area (Å²) in [5, 5.41) is 2.68. The van der Waals surface area contributed by atoms with Crippen LogP contribution in [0.2, 0.25) is 0 Å². The van der Waals surface area contributed by atoms with Crippen LogP contribution in [0, 0.1) is 5.82 Å². The summed E-state index contributed by atoms with van der Waals surface area (Å²) >= 11 is 0. The Labute approximate surface area is 156 Å². The van der Waals surface area contributed by atoms with E-state index in [9.17, 15) is 18.8 Å². The molecule has 1 atom stereocenters. The molecule has 6 nitrogen and oxygen atoms in total. The van der Waals surface area contributed by atoms with Gasteiger partial charge in [-0.3, -0.25) is 14.5 Å². The first-order chi connectivity index (χ1) is 12.9. The maximum Gasteiger partial charge on any atom is 0.325 e. The molecule has 4 amide bonds. The van der Waals surface area contributed by atoms with Gasteiger partial charge in [-0.2, -0.15) is 0 Å². The van der Waals surface area contributed by atoms with Crippen LogP contribution in [0.25, 0.3) is 0 Å². The maximum absolute atomic E-state index is 13.2. The smallest absolute Gasteiger partial charge is 0.319 e. The van der Waals surface area contributed by atoms with Crippen molar-refractivity contribution < 1.29 is 18.8 Å². The number of carbonyl (C=O) groups excluding carboxylic acids is 3. The molecule has 1 aliphatic heterocycles. The fourth-order valence-corrected chi connectivity index (χ4v) is 3.18. The number of imide groups is 1. The van der Waals surface area contributed by atoms with Crippen LogP contribution in [0.5, 0.6) is 0 Å². The minimum Gasteiger partial charge on any atom is -0.319 e. The van der Waals surface area contributed by atoms with E-state index in [1.54, 1.807) is 38.2 Å². The van der Waals surface area contributed by atoms with Crippen molar-refractivity contribution in [3.05, 3.63) is 66.0 Å². The topological polar surface area (TPSA) is 69.7 Å². The van der Waals surface area contributed by atoms with Crippen LogP contribution >= 0.6 is 0 Å². The van der Waals surface area contributed by atoms with Crippen molar-refractivity contribution in [1.29, 1.82) is 0 Å². The van der Waals surface area contributed by atoms with Crippen LogP contribution < -0.4 is 10.2 Å². The number of likely N-dealkylation sites (N-methyl/N-ethyl adjacent to an activating group) is 1. The molecule has 0 aromatic heterocycles. The standard InChI is InChI=1S/C20H20FN3O3/c1-3-20(14-9-11-15(21)12-10-14)18(26)24(19(27)22-20)13-17(25)23(2)16-7-5-4-6-8-16/h4-12H,3,13H2,1-2H3,(H,22,27)/t20-/m1/s1. The Kier molecular flexibility index (Phi) is 4.94. The van der Waals surface area contributed by atoms with Gasteiger partial charge in [-0.15, -0.1) is 0 Å². The number of nitrogens with one attached hydrogen (secondary N) is 1. The molecule has 0 aliphatic carbocycles. The predicted octanol–water partition coefficient (Wildman–Crippen LogP) is 2.65. The van der Waals surface area contributed by atoms with Gasteiger partial charge in [0.05, 0.1) is 0 Å². The molecule has 0 bridgehead atoms. The summed E-state index contributed by atoms with van der Waals surface area (Å²) in [6, 6.07) is 13.7. The lowest BCUT2D eigenvalue weighted by atomic mass is 9.87. The Balaban J connectivity index is 1.83. The molecule has 0 unspecified atom stereocenters. The van der Waals surface area contributed by atoms with Crippen molar-refractivity contribution >= 4 is 23.5 Å². The number of nitrogens with zero attached hydrogens (tertiary/aromatic N) is 2. The van der Waals surface area contributed by atoms with Crippen LogP contribution in [0.15, 0.2) is 54.6 Å². The van der Waals surface area contributed by atoms with E-state index in [1.165, 1.54) is 29.2 Å². The molecule has 1 aliphatic rings. The molecule has 27 heavy (non-hydrogen) atoms. The van der Waals surface area contributed by atoms with Gasteiger partial charge in [-0.1, -0.05) is 37.3 Å². The second-order valence-corrected chi connectivity index (χ2v) is 6.38. The number of carbonyl (C=O) groups is 3. The summed E-state index contributed by atoms with van der Waals surface area (Å²) in [4.78, 5) is 40.3. The molecule has 0 spiro atoms. The van der Waals surface area contributed by atoms with Crippen molar-refractivity contribution in [3.8, 4) is 0 Å². The Hall–Kier alpha value is -3.22. The molecule has 1 heterocycles. The normalized spacial score (nSPS) is 19.1. The zero-order valence-corrected chi connectivity index (χ0v) is 15.1. The van der Waals surface area contributed by atoms with E-state index in [1.807, 2.05) is 6.07 Å². The van der Waals surface area contributed by atoms with Gasteiger partial charge in [-0.25, -0.2) is 9.18 Å². The number of rotatable bonds is 5. The number of hydrogen-bond acceptors (Lipinski definition) is 3. The molecule has 7 heteroatoms. The Bertz CT molecular complexity index is 870. The molecule has 0 saturated carbocycles. The van der Waals surface area contributed by atoms with E-state index in [0.29, 0.717) is 11.3 Å². The van der Waals surface area contributed by atoms with Gasteiger partial charge in [0.2, 0.25) is 5.91 Å².